The van der Waals surface area contributed by atoms with Gasteiger partial charge in [-0.3, -0.25) is 14.2 Å². The minimum atomic E-state index is -0.136. The van der Waals surface area contributed by atoms with Crippen LogP contribution >= 0.6 is 0 Å². The van der Waals surface area contributed by atoms with Crippen LogP contribution in [-0.4, -0.2) is 55.1 Å². The lowest BCUT2D eigenvalue weighted by molar-refractivity contribution is 0.0609. The van der Waals surface area contributed by atoms with Gasteiger partial charge in [0.05, 0.1) is 18.5 Å². The first kappa shape index (κ1) is 16.3. The second-order valence-electron chi connectivity index (χ2n) is 6.98. The van der Waals surface area contributed by atoms with Crippen LogP contribution in [0.3, 0.4) is 0 Å². The summed E-state index contributed by atoms with van der Waals surface area (Å²) < 4.78 is 9.52. The van der Waals surface area contributed by atoms with E-state index in [1.807, 2.05) is 15.8 Å². The molecule has 1 aliphatic carbocycles. The molecule has 0 saturated heterocycles. The number of rotatable bonds is 6. The summed E-state index contributed by atoms with van der Waals surface area (Å²) in [6, 6.07) is 0. The molecule has 25 heavy (non-hydrogen) atoms. The summed E-state index contributed by atoms with van der Waals surface area (Å²) in [5, 5.41) is 8.62. The lowest BCUT2D eigenvalue weighted by atomic mass is 9.96. The van der Waals surface area contributed by atoms with Crippen LogP contribution in [0.2, 0.25) is 0 Å². The minimum Gasteiger partial charge on any atom is -0.380 e. The molecule has 1 atom stereocenters. The quantitative estimate of drug-likeness (QED) is 0.787. The molecule has 0 bridgehead atoms. The highest BCUT2D eigenvalue weighted by molar-refractivity contribution is 5.90. The van der Waals surface area contributed by atoms with E-state index < -0.39 is 0 Å². The highest BCUT2D eigenvalue weighted by atomic mass is 16.5. The molecule has 0 aromatic carbocycles. The number of amides is 1. The highest BCUT2D eigenvalue weighted by Gasteiger charge is 2.33. The summed E-state index contributed by atoms with van der Waals surface area (Å²) >= 11 is 0. The molecule has 8 nitrogen and oxygen atoms in total. The predicted octanol–water partition coefficient (Wildman–Crippen LogP) is 1.20. The van der Waals surface area contributed by atoms with Crippen molar-refractivity contribution in [2.24, 2.45) is 13.0 Å². The molecule has 8 heteroatoms. The summed E-state index contributed by atoms with van der Waals surface area (Å²) in [6.07, 6.45) is 5.98. The van der Waals surface area contributed by atoms with E-state index in [-0.39, 0.29) is 17.6 Å². The van der Waals surface area contributed by atoms with Gasteiger partial charge in [0.15, 0.2) is 0 Å². The van der Waals surface area contributed by atoms with Crippen LogP contribution in [0.4, 0.5) is 0 Å². The molecule has 0 unspecified atom stereocenters. The molecule has 1 fully saturated rings. The SMILES string of the molecule is CCn1ncc2c1[C@@H](COCC1CC1)CN(C(=O)c1ncn(C)n1)C2. The van der Waals surface area contributed by atoms with Crippen molar-refractivity contribution in [3.05, 3.63) is 29.6 Å². The van der Waals surface area contributed by atoms with E-state index in [4.69, 9.17) is 4.74 Å². The fourth-order valence-corrected chi connectivity index (χ4v) is 3.43. The Morgan fingerprint density at radius 3 is 2.88 bits per heavy atom. The van der Waals surface area contributed by atoms with Crippen LogP contribution in [0.1, 0.15) is 47.6 Å². The number of carbonyl (C=O) groups is 1. The molecule has 2 aliphatic rings. The number of hydrogen-bond acceptors (Lipinski definition) is 5. The van der Waals surface area contributed by atoms with E-state index in [2.05, 4.69) is 22.1 Å². The molecule has 0 spiro atoms. The smallest absolute Gasteiger partial charge is 0.293 e. The topological polar surface area (TPSA) is 78.1 Å². The van der Waals surface area contributed by atoms with E-state index in [0.29, 0.717) is 19.7 Å². The van der Waals surface area contributed by atoms with Crippen LogP contribution in [0.15, 0.2) is 12.5 Å². The first-order valence-corrected chi connectivity index (χ1v) is 8.93. The third-order valence-electron chi connectivity index (χ3n) is 4.90. The van der Waals surface area contributed by atoms with Gasteiger partial charge in [0, 0.05) is 44.8 Å². The number of nitrogens with zero attached hydrogens (tertiary/aromatic N) is 6. The second-order valence-corrected chi connectivity index (χ2v) is 6.98. The van der Waals surface area contributed by atoms with Crippen molar-refractivity contribution in [2.45, 2.75) is 38.8 Å². The van der Waals surface area contributed by atoms with Gasteiger partial charge >= 0.3 is 0 Å². The molecule has 0 N–H and O–H groups in total. The van der Waals surface area contributed by atoms with Crippen molar-refractivity contribution in [1.29, 1.82) is 0 Å². The average molecular weight is 344 g/mol. The number of fused-ring (bicyclic) bond motifs is 1. The highest BCUT2D eigenvalue weighted by Crippen LogP contribution is 2.32. The van der Waals surface area contributed by atoms with Crippen LogP contribution in [0.25, 0.3) is 0 Å². The van der Waals surface area contributed by atoms with Crippen LogP contribution in [-0.2, 0) is 24.9 Å². The monoisotopic (exact) mass is 344 g/mol. The van der Waals surface area contributed by atoms with Gasteiger partial charge in [-0.25, -0.2) is 4.98 Å². The number of aromatic nitrogens is 5. The van der Waals surface area contributed by atoms with Crippen molar-refractivity contribution >= 4 is 5.91 Å². The Morgan fingerprint density at radius 2 is 2.20 bits per heavy atom. The van der Waals surface area contributed by atoms with Crippen molar-refractivity contribution in [2.75, 3.05) is 19.8 Å². The van der Waals surface area contributed by atoms with Gasteiger partial charge in [0.1, 0.15) is 6.33 Å². The number of carbonyl (C=O) groups excluding carboxylic acids is 1. The maximum atomic E-state index is 12.8. The van der Waals surface area contributed by atoms with Gasteiger partial charge in [-0.15, -0.1) is 5.10 Å². The van der Waals surface area contributed by atoms with E-state index in [1.54, 1.807) is 18.1 Å². The zero-order chi connectivity index (χ0) is 17.4. The molecule has 1 saturated carbocycles. The maximum Gasteiger partial charge on any atom is 0.293 e. The fraction of sp³-hybridized carbons (Fsp3) is 0.647. The van der Waals surface area contributed by atoms with Crippen molar-refractivity contribution in [1.82, 2.24) is 29.4 Å². The molecule has 134 valence electrons. The molecule has 4 rings (SSSR count). The standard InChI is InChI=1S/C17H24N6O2/c1-3-23-15-13(6-19-23)7-22(17(24)16-18-11-21(2)20-16)8-14(15)10-25-9-12-4-5-12/h6,11-12,14H,3-5,7-10H2,1-2H3/t14-/m1/s1. The van der Waals surface area contributed by atoms with Crippen molar-refractivity contribution in [3.8, 4) is 0 Å². The van der Waals surface area contributed by atoms with Crippen LogP contribution in [0, 0.1) is 5.92 Å². The largest absolute Gasteiger partial charge is 0.380 e. The van der Waals surface area contributed by atoms with E-state index >= 15 is 0 Å². The zero-order valence-electron chi connectivity index (χ0n) is 14.8. The van der Waals surface area contributed by atoms with Gasteiger partial charge in [-0.05, 0) is 25.7 Å². The molecule has 1 amide bonds. The lowest BCUT2D eigenvalue weighted by Crippen LogP contribution is -2.40. The normalized spacial score (nSPS) is 19.9. The van der Waals surface area contributed by atoms with Gasteiger partial charge in [0.2, 0.25) is 5.82 Å². The van der Waals surface area contributed by atoms with Gasteiger partial charge in [0.25, 0.3) is 5.91 Å². The summed E-state index contributed by atoms with van der Waals surface area (Å²) in [6.45, 7) is 5.51. The molecular weight excluding hydrogens is 320 g/mol. The maximum absolute atomic E-state index is 12.8. The lowest BCUT2D eigenvalue weighted by Gasteiger charge is -2.32. The number of ether oxygens (including phenoxy) is 1. The Kier molecular flexibility index (Phi) is 4.29. The van der Waals surface area contributed by atoms with E-state index in [0.717, 1.165) is 24.6 Å². The van der Waals surface area contributed by atoms with Crippen LogP contribution in [0.5, 0.6) is 0 Å². The van der Waals surface area contributed by atoms with Crippen molar-refractivity contribution in [3.63, 3.8) is 0 Å². The van der Waals surface area contributed by atoms with E-state index in [1.165, 1.54) is 18.5 Å². The molecule has 0 radical (unpaired) electrons. The predicted molar refractivity (Wildman–Crippen MR) is 89.9 cm³/mol. The first-order chi connectivity index (χ1) is 12.2. The Bertz CT molecular complexity index is 763. The third-order valence-corrected chi connectivity index (χ3v) is 4.90. The molecule has 2 aromatic rings. The number of aryl methyl sites for hydroxylation is 2. The summed E-state index contributed by atoms with van der Waals surface area (Å²) in [5.74, 6) is 0.974. The second kappa shape index (κ2) is 6.59. The third kappa shape index (κ3) is 3.30. The number of hydrogen-bond donors (Lipinski definition) is 0. The van der Waals surface area contributed by atoms with Gasteiger partial charge in [-0.1, -0.05) is 0 Å². The van der Waals surface area contributed by atoms with E-state index in [9.17, 15) is 4.79 Å². The molecule has 3 heterocycles. The zero-order valence-corrected chi connectivity index (χ0v) is 14.8. The summed E-state index contributed by atoms with van der Waals surface area (Å²) in [5.41, 5.74) is 2.30. The minimum absolute atomic E-state index is 0.136. The molecule has 2 aromatic heterocycles. The Hall–Kier alpha value is -2.22. The Balaban J connectivity index is 1.53. The first-order valence-electron chi connectivity index (χ1n) is 8.93. The van der Waals surface area contributed by atoms with Crippen molar-refractivity contribution < 1.29 is 9.53 Å². The molecular formula is C17H24N6O2. The average Bonchev–Trinajstić information content (AvgIpc) is 3.17. The summed E-state index contributed by atoms with van der Waals surface area (Å²) in [7, 11) is 1.76. The van der Waals surface area contributed by atoms with Gasteiger partial charge < -0.3 is 9.64 Å². The van der Waals surface area contributed by atoms with Gasteiger partial charge in [-0.2, -0.15) is 5.10 Å². The Labute approximate surface area is 146 Å². The molecule has 1 aliphatic heterocycles. The Morgan fingerprint density at radius 1 is 1.36 bits per heavy atom. The van der Waals surface area contributed by atoms with Crippen LogP contribution < -0.4 is 0 Å². The fourth-order valence-electron chi connectivity index (χ4n) is 3.43. The summed E-state index contributed by atoms with van der Waals surface area (Å²) in [4.78, 5) is 18.7.